The molecule has 0 unspecified atom stereocenters. The van der Waals surface area contributed by atoms with Gasteiger partial charge in [-0.15, -0.1) is 0 Å². The highest BCUT2D eigenvalue weighted by Gasteiger charge is 2.18. The molecule has 1 aliphatic rings. The van der Waals surface area contributed by atoms with Crippen LogP contribution in [0.15, 0.2) is 64.5 Å². The van der Waals surface area contributed by atoms with Crippen molar-refractivity contribution in [3.63, 3.8) is 0 Å². The lowest BCUT2D eigenvalue weighted by atomic mass is 9.99. The Kier molecular flexibility index (Phi) is 7.82. The predicted octanol–water partition coefficient (Wildman–Crippen LogP) is 4.38. The number of benzene rings is 2. The number of pyridine rings is 1. The number of nitrogens with one attached hydrogen (secondary N) is 2. The third-order valence-electron chi connectivity index (χ3n) is 6.47. The number of rotatable bonds is 8. The number of fused-ring (bicyclic) bond motifs is 1. The van der Waals surface area contributed by atoms with E-state index in [-0.39, 0.29) is 5.91 Å². The van der Waals surface area contributed by atoms with E-state index in [0.29, 0.717) is 5.56 Å². The molecule has 2 heterocycles. The molecule has 168 valence electrons. The van der Waals surface area contributed by atoms with E-state index < -0.39 is 0 Å². The van der Waals surface area contributed by atoms with Gasteiger partial charge in [0.25, 0.3) is 5.91 Å². The SMILES string of the molecule is CCc1ccc(Sc2cc(C(=O)NCCC[NH+]3CCC(C)CC3)c3ccccc3n2)cc1. The van der Waals surface area contributed by atoms with E-state index in [9.17, 15) is 4.79 Å². The number of carbonyl (C=O) groups excluding carboxylic acids is 1. The number of likely N-dealkylation sites (tertiary alicyclic amines) is 1. The quantitative estimate of drug-likeness (QED) is 0.503. The van der Waals surface area contributed by atoms with Crippen LogP contribution < -0.4 is 10.2 Å². The second kappa shape index (κ2) is 11.0. The minimum atomic E-state index is -0.00551. The summed E-state index contributed by atoms with van der Waals surface area (Å²) >= 11 is 1.61. The average molecular weight is 449 g/mol. The van der Waals surface area contributed by atoms with Gasteiger partial charge in [-0.2, -0.15) is 0 Å². The molecule has 0 spiro atoms. The van der Waals surface area contributed by atoms with Gasteiger partial charge in [0.2, 0.25) is 0 Å². The summed E-state index contributed by atoms with van der Waals surface area (Å²) in [4.78, 5) is 20.7. The highest BCUT2D eigenvalue weighted by atomic mass is 32.2. The minimum Gasteiger partial charge on any atom is -0.352 e. The molecular formula is C27H34N3OS+. The Labute approximate surface area is 195 Å². The van der Waals surface area contributed by atoms with Gasteiger partial charge in [0.15, 0.2) is 0 Å². The Morgan fingerprint density at radius 3 is 2.62 bits per heavy atom. The molecule has 1 saturated heterocycles. The topological polar surface area (TPSA) is 46.4 Å². The first-order valence-corrected chi connectivity index (χ1v) is 12.7. The highest BCUT2D eigenvalue weighted by Crippen LogP contribution is 2.30. The van der Waals surface area contributed by atoms with Crippen LogP contribution in [0.2, 0.25) is 0 Å². The van der Waals surface area contributed by atoms with Crippen molar-refractivity contribution in [1.29, 1.82) is 0 Å². The Hall–Kier alpha value is -2.37. The molecule has 1 amide bonds. The van der Waals surface area contributed by atoms with Gasteiger partial charge in [0.1, 0.15) is 5.03 Å². The molecule has 1 aliphatic heterocycles. The fourth-order valence-electron chi connectivity index (χ4n) is 4.36. The maximum absolute atomic E-state index is 13.1. The molecular weight excluding hydrogens is 414 g/mol. The van der Waals surface area contributed by atoms with Crippen molar-refractivity contribution in [2.24, 2.45) is 5.92 Å². The summed E-state index contributed by atoms with van der Waals surface area (Å²) in [6.07, 6.45) is 4.70. The lowest BCUT2D eigenvalue weighted by molar-refractivity contribution is -0.906. The molecule has 2 N–H and O–H groups in total. The second-order valence-electron chi connectivity index (χ2n) is 8.92. The van der Waals surface area contributed by atoms with Crippen molar-refractivity contribution in [1.82, 2.24) is 10.3 Å². The normalized spacial score (nSPS) is 18.6. The molecule has 4 rings (SSSR count). The molecule has 5 heteroatoms. The first-order valence-electron chi connectivity index (χ1n) is 11.9. The predicted molar refractivity (Wildman–Crippen MR) is 133 cm³/mol. The molecule has 32 heavy (non-hydrogen) atoms. The zero-order valence-electron chi connectivity index (χ0n) is 19.2. The van der Waals surface area contributed by atoms with E-state index in [1.54, 1.807) is 16.7 Å². The van der Waals surface area contributed by atoms with Crippen LogP contribution >= 0.6 is 11.8 Å². The number of hydrogen-bond donors (Lipinski definition) is 2. The van der Waals surface area contributed by atoms with Crippen molar-refractivity contribution in [2.45, 2.75) is 49.5 Å². The molecule has 1 fully saturated rings. The van der Waals surface area contributed by atoms with Crippen molar-refractivity contribution in [2.75, 3.05) is 26.2 Å². The standard InChI is InChI=1S/C27H33N3OS/c1-3-21-9-11-22(12-10-21)32-26-19-24(23-7-4-5-8-25(23)29-26)27(31)28-15-6-16-30-17-13-20(2)14-18-30/h4-5,7-12,19-20H,3,6,13-18H2,1-2H3,(H,28,31)/p+1. The summed E-state index contributed by atoms with van der Waals surface area (Å²) in [5.41, 5.74) is 2.89. The fraction of sp³-hybridized carbons (Fsp3) is 0.407. The summed E-state index contributed by atoms with van der Waals surface area (Å²) in [5.74, 6) is 0.865. The van der Waals surface area contributed by atoms with E-state index >= 15 is 0 Å². The molecule has 0 saturated carbocycles. The van der Waals surface area contributed by atoms with Crippen molar-refractivity contribution < 1.29 is 9.69 Å². The van der Waals surface area contributed by atoms with E-state index in [1.165, 1.54) is 31.5 Å². The monoisotopic (exact) mass is 448 g/mol. The number of nitrogens with zero attached hydrogens (tertiary/aromatic N) is 1. The molecule has 4 nitrogen and oxygen atoms in total. The number of aromatic nitrogens is 1. The summed E-state index contributed by atoms with van der Waals surface area (Å²) in [7, 11) is 0. The first kappa shape index (κ1) is 22.8. The van der Waals surface area contributed by atoms with Crippen LogP contribution in [0.4, 0.5) is 0 Å². The Balaban J connectivity index is 1.42. The summed E-state index contributed by atoms with van der Waals surface area (Å²) in [6, 6.07) is 18.4. The van der Waals surface area contributed by atoms with Gasteiger partial charge in [-0.1, -0.05) is 55.9 Å². The third kappa shape index (κ3) is 5.90. The maximum atomic E-state index is 13.1. The van der Waals surface area contributed by atoms with E-state index in [0.717, 1.165) is 52.7 Å². The molecule has 0 atom stereocenters. The minimum absolute atomic E-state index is 0.00551. The van der Waals surface area contributed by atoms with E-state index in [1.807, 2.05) is 30.3 Å². The van der Waals surface area contributed by atoms with Crippen molar-refractivity contribution >= 4 is 28.6 Å². The van der Waals surface area contributed by atoms with Crippen LogP contribution in [0.5, 0.6) is 0 Å². The molecule has 0 radical (unpaired) electrons. The zero-order chi connectivity index (χ0) is 22.3. The van der Waals surface area contributed by atoms with Gasteiger partial charge in [0.05, 0.1) is 30.7 Å². The summed E-state index contributed by atoms with van der Waals surface area (Å²) < 4.78 is 0. The van der Waals surface area contributed by atoms with Crippen LogP contribution in [0.1, 0.15) is 49.0 Å². The number of carbonyl (C=O) groups is 1. The lowest BCUT2D eigenvalue weighted by Crippen LogP contribution is -3.13. The van der Waals surface area contributed by atoms with Crippen LogP contribution in [0, 0.1) is 5.92 Å². The summed E-state index contributed by atoms with van der Waals surface area (Å²) in [5, 5.41) is 4.92. The maximum Gasteiger partial charge on any atom is 0.252 e. The number of hydrogen-bond acceptors (Lipinski definition) is 3. The average Bonchev–Trinajstić information content (AvgIpc) is 2.83. The van der Waals surface area contributed by atoms with Crippen LogP contribution in [-0.4, -0.2) is 37.1 Å². The third-order valence-corrected chi connectivity index (χ3v) is 7.39. The van der Waals surface area contributed by atoms with Gasteiger partial charge in [-0.25, -0.2) is 4.98 Å². The summed E-state index contributed by atoms with van der Waals surface area (Å²) in [6.45, 7) is 8.90. The Morgan fingerprint density at radius 2 is 1.88 bits per heavy atom. The van der Waals surface area contributed by atoms with E-state index in [2.05, 4.69) is 43.4 Å². The van der Waals surface area contributed by atoms with Crippen LogP contribution in [-0.2, 0) is 6.42 Å². The van der Waals surface area contributed by atoms with Gasteiger partial charge >= 0.3 is 0 Å². The molecule has 0 bridgehead atoms. The van der Waals surface area contributed by atoms with Crippen LogP contribution in [0.25, 0.3) is 10.9 Å². The largest absolute Gasteiger partial charge is 0.352 e. The van der Waals surface area contributed by atoms with Crippen LogP contribution in [0.3, 0.4) is 0 Å². The van der Waals surface area contributed by atoms with Gasteiger partial charge in [-0.3, -0.25) is 4.79 Å². The van der Waals surface area contributed by atoms with E-state index in [4.69, 9.17) is 4.98 Å². The fourth-order valence-corrected chi connectivity index (χ4v) is 5.20. The molecule has 1 aromatic heterocycles. The zero-order valence-corrected chi connectivity index (χ0v) is 20.0. The molecule has 2 aromatic carbocycles. The Morgan fingerprint density at radius 1 is 1.12 bits per heavy atom. The number of aryl methyl sites for hydroxylation is 1. The second-order valence-corrected chi connectivity index (χ2v) is 10.0. The number of piperidine rings is 1. The molecule has 3 aromatic rings. The van der Waals surface area contributed by atoms with Crippen molar-refractivity contribution in [3.05, 3.63) is 65.7 Å². The Bertz CT molecular complexity index is 1040. The number of quaternary nitrogens is 1. The lowest BCUT2D eigenvalue weighted by Gasteiger charge is -2.27. The van der Waals surface area contributed by atoms with Gasteiger partial charge in [-0.05, 0) is 55.0 Å². The number of para-hydroxylation sites is 1. The molecule has 0 aliphatic carbocycles. The van der Waals surface area contributed by atoms with Crippen molar-refractivity contribution in [3.8, 4) is 0 Å². The number of amides is 1. The van der Waals surface area contributed by atoms with Gasteiger partial charge < -0.3 is 10.2 Å². The van der Waals surface area contributed by atoms with Gasteiger partial charge in [0, 0.05) is 23.2 Å². The first-order chi connectivity index (χ1) is 15.6. The highest BCUT2D eigenvalue weighted by molar-refractivity contribution is 7.99. The smallest absolute Gasteiger partial charge is 0.252 e.